The predicted molar refractivity (Wildman–Crippen MR) is 44.4 cm³/mol. The number of carbonyl (C=O) groups is 1. The SMILES string of the molecule is CCOCC(=O)C(C)(N)CC. The number of rotatable bonds is 5. The van der Waals surface area contributed by atoms with Crippen molar-refractivity contribution in [2.75, 3.05) is 13.2 Å². The van der Waals surface area contributed by atoms with Crippen LogP contribution in [-0.2, 0) is 9.53 Å². The second-order valence-electron chi connectivity index (χ2n) is 2.83. The molecule has 0 spiro atoms. The summed E-state index contributed by atoms with van der Waals surface area (Å²) in [4.78, 5) is 11.2. The normalized spacial score (nSPS) is 16.0. The maximum atomic E-state index is 11.2. The molecule has 0 saturated carbocycles. The van der Waals surface area contributed by atoms with Gasteiger partial charge in [-0.15, -0.1) is 0 Å². The minimum atomic E-state index is -0.713. The fourth-order valence-electron chi connectivity index (χ4n) is 0.557. The van der Waals surface area contributed by atoms with Gasteiger partial charge >= 0.3 is 0 Å². The Kier molecular flexibility index (Phi) is 4.30. The van der Waals surface area contributed by atoms with E-state index >= 15 is 0 Å². The Labute approximate surface area is 67.9 Å². The molecule has 66 valence electrons. The van der Waals surface area contributed by atoms with E-state index in [-0.39, 0.29) is 12.4 Å². The van der Waals surface area contributed by atoms with Crippen LogP contribution < -0.4 is 5.73 Å². The molecule has 0 heterocycles. The maximum Gasteiger partial charge on any atom is 0.177 e. The van der Waals surface area contributed by atoms with Crippen molar-refractivity contribution < 1.29 is 9.53 Å². The summed E-state index contributed by atoms with van der Waals surface area (Å²) < 4.78 is 4.95. The summed E-state index contributed by atoms with van der Waals surface area (Å²) >= 11 is 0. The van der Waals surface area contributed by atoms with Gasteiger partial charge in [0.2, 0.25) is 0 Å². The summed E-state index contributed by atoms with van der Waals surface area (Å²) in [6, 6.07) is 0. The van der Waals surface area contributed by atoms with Crippen LogP contribution in [0, 0.1) is 0 Å². The molecule has 0 aromatic rings. The van der Waals surface area contributed by atoms with Crippen molar-refractivity contribution in [2.45, 2.75) is 32.7 Å². The van der Waals surface area contributed by atoms with Gasteiger partial charge < -0.3 is 10.5 Å². The van der Waals surface area contributed by atoms with Crippen LogP contribution in [0.4, 0.5) is 0 Å². The third-order valence-electron chi connectivity index (χ3n) is 1.81. The van der Waals surface area contributed by atoms with Crippen LogP contribution in [0.3, 0.4) is 0 Å². The molecule has 3 heteroatoms. The Bertz CT molecular complexity index is 132. The van der Waals surface area contributed by atoms with Gasteiger partial charge in [-0.25, -0.2) is 0 Å². The van der Waals surface area contributed by atoms with Crippen LogP contribution >= 0.6 is 0 Å². The van der Waals surface area contributed by atoms with E-state index in [4.69, 9.17) is 10.5 Å². The highest BCUT2D eigenvalue weighted by Gasteiger charge is 2.25. The highest BCUT2D eigenvalue weighted by molar-refractivity contribution is 5.88. The van der Waals surface area contributed by atoms with E-state index in [1.807, 2.05) is 13.8 Å². The van der Waals surface area contributed by atoms with Crippen LogP contribution in [0.5, 0.6) is 0 Å². The zero-order chi connectivity index (χ0) is 8.91. The molecular formula is C8H17NO2. The first-order chi connectivity index (χ1) is 5.04. The minimum absolute atomic E-state index is 0.0261. The molecular weight excluding hydrogens is 142 g/mol. The largest absolute Gasteiger partial charge is 0.374 e. The molecule has 0 aromatic heterocycles. The molecule has 0 aromatic carbocycles. The third-order valence-corrected chi connectivity index (χ3v) is 1.81. The summed E-state index contributed by atoms with van der Waals surface area (Å²) in [6.45, 7) is 6.17. The first kappa shape index (κ1) is 10.6. The molecule has 0 rings (SSSR count). The molecule has 0 fully saturated rings. The fraction of sp³-hybridized carbons (Fsp3) is 0.875. The van der Waals surface area contributed by atoms with E-state index in [1.54, 1.807) is 6.92 Å². The van der Waals surface area contributed by atoms with Crippen molar-refractivity contribution in [2.24, 2.45) is 5.73 Å². The molecule has 0 aliphatic heterocycles. The Morgan fingerprint density at radius 1 is 1.55 bits per heavy atom. The smallest absolute Gasteiger partial charge is 0.177 e. The average Bonchev–Trinajstić information content (AvgIpc) is 2.00. The summed E-state index contributed by atoms with van der Waals surface area (Å²) in [5.41, 5.74) is 4.96. The Morgan fingerprint density at radius 2 is 2.09 bits per heavy atom. The predicted octanol–water partition coefficient (Wildman–Crippen LogP) is 0.719. The molecule has 11 heavy (non-hydrogen) atoms. The van der Waals surface area contributed by atoms with Gasteiger partial charge in [-0.2, -0.15) is 0 Å². The van der Waals surface area contributed by atoms with E-state index < -0.39 is 5.54 Å². The maximum absolute atomic E-state index is 11.2. The molecule has 0 bridgehead atoms. The molecule has 0 aliphatic carbocycles. The van der Waals surface area contributed by atoms with Crippen LogP contribution in [0.25, 0.3) is 0 Å². The van der Waals surface area contributed by atoms with E-state index in [0.717, 1.165) is 0 Å². The lowest BCUT2D eigenvalue weighted by Gasteiger charge is -2.20. The number of Topliss-reactive ketones (excluding diaryl/α,β-unsaturated/α-hetero) is 1. The number of ketones is 1. The summed E-state index contributed by atoms with van der Waals surface area (Å²) in [7, 11) is 0. The van der Waals surface area contributed by atoms with Crippen molar-refractivity contribution in [3.63, 3.8) is 0 Å². The molecule has 0 saturated heterocycles. The molecule has 0 amide bonds. The topological polar surface area (TPSA) is 52.3 Å². The number of nitrogens with two attached hydrogens (primary N) is 1. The van der Waals surface area contributed by atoms with Crippen molar-refractivity contribution in [3.05, 3.63) is 0 Å². The summed E-state index contributed by atoms with van der Waals surface area (Å²) in [5.74, 6) is -0.0261. The summed E-state index contributed by atoms with van der Waals surface area (Å²) in [6.07, 6.45) is 0.652. The van der Waals surface area contributed by atoms with Gasteiger partial charge in [-0.05, 0) is 20.3 Å². The average molecular weight is 159 g/mol. The van der Waals surface area contributed by atoms with Crippen molar-refractivity contribution in [1.29, 1.82) is 0 Å². The highest BCUT2D eigenvalue weighted by atomic mass is 16.5. The second kappa shape index (κ2) is 4.46. The van der Waals surface area contributed by atoms with Gasteiger partial charge in [0, 0.05) is 6.61 Å². The Hall–Kier alpha value is -0.410. The number of ether oxygens (including phenoxy) is 1. The van der Waals surface area contributed by atoms with Crippen LogP contribution in [0.15, 0.2) is 0 Å². The van der Waals surface area contributed by atoms with Gasteiger partial charge in [0.25, 0.3) is 0 Å². The zero-order valence-corrected chi connectivity index (χ0v) is 7.52. The standard InChI is InChI=1S/C8H17NO2/c1-4-8(3,9)7(10)6-11-5-2/h4-6,9H2,1-3H3. The lowest BCUT2D eigenvalue weighted by molar-refractivity contribution is -0.128. The van der Waals surface area contributed by atoms with Gasteiger partial charge in [-0.3, -0.25) is 4.79 Å². The third kappa shape index (κ3) is 3.49. The van der Waals surface area contributed by atoms with Crippen LogP contribution in [0.2, 0.25) is 0 Å². The number of carbonyl (C=O) groups excluding carboxylic acids is 1. The van der Waals surface area contributed by atoms with Gasteiger partial charge in [-0.1, -0.05) is 6.92 Å². The monoisotopic (exact) mass is 159 g/mol. The number of hydrogen-bond acceptors (Lipinski definition) is 3. The lowest BCUT2D eigenvalue weighted by Crippen LogP contribution is -2.46. The summed E-state index contributed by atoms with van der Waals surface area (Å²) in [5, 5.41) is 0. The van der Waals surface area contributed by atoms with E-state index in [9.17, 15) is 4.79 Å². The van der Waals surface area contributed by atoms with E-state index in [1.165, 1.54) is 0 Å². The molecule has 0 aliphatic rings. The van der Waals surface area contributed by atoms with Gasteiger partial charge in [0.15, 0.2) is 5.78 Å². The molecule has 0 radical (unpaired) electrons. The van der Waals surface area contributed by atoms with Gasteiger partial charge in [0.1, 0.15) is 6.61 Å². The molecule has 1 atom stereocenters. The first-order valence-corrected chi connectivity index (χ1v) is 3.94. The second-order valence-corrected chi connectivity index (χ2v) is 2.83. The Balaban J connectivity index is 3.82. The van der Waals surface area contributed by atoms with E-state index in [0.29, 0.717) is 13.0 Å². The Morgan fingerprint density at radius 3 is 2.45 bits per heavy atom. The molecule has 1 unspecified atom stereocenters. The highest BCUT2D eigenvalue weighted by Crippen LogP contribution is 2.05. The van der Waals surface area contributed by atoms with Gasteiger partial charge in [0.05, 0.1) is 5.54 Å². The van der Waals surface area contributed by atoms with Crippen LogP contribution in [0.1, 0.15) is 27.2 Å². The lowest BCUT2D eigenvalue weighted by atomic mass is 9.95. The molecule has 2 N–H and O–H groups in total. The quantitative estimate of drug-likeness (QED) is 0.643. The zero-order valence-electron chi connectivity index (χ0n) is 7.52. The molecule has 3 nitrogen and oxygen atoms in total. The van der Waals surface area contributed by atoms with Crippen molar-refractivity contribution in [3.8, 4) is 0 Å². The van der Waals surface area contributed by atoms with Crippen molar-refractivity contribution in [1.82, 2.24) is 0 Å². The fourth-order valence-corrected chi connectivity index (χ4v) is 0.557. The number of hydrogen-bond donors (Lipinski definition) is 1. The van der Waals surface area contributed by atoms with Crippen LogP contribution in [-0.4, -0.2) is 24.5 Å². The van der Waals surface area contributed by atoms with Crippen molar-refractivity contribution >= 4 is 5.78 Å². The first-order valence-electron chi connectivity index (χ1n) is 3.94. The van der Waals surface area contributed by atoms with E-state index in [2.05, 4.69) is 0 Å². The minimum Gasteiger partial charge on any atom is -0.374 e.